The Balaban J connectivity index is 1.94. The van der Waals surface area contributed by atoms with E-state index >= 15 is 0 Å². The van der Waals surface area contributed by atoms with Crippen molar-refractivity contribution in [3.05, 3.63) is 29.8 Å². The van der Waals surface area contributed by atoms with Crippen LogP contribution >= 0.6 is 0 Å². The van der Waals surface area contributed by atoms with E-state index in [1.165, 1.54) is 17.0 Å². The van der Waals surface area contributed by atoms with Crippen LogP contribution in [0.15, 0.2) is 24.3 Å². The van der Waals surface area contributed by atoms with Crippen molar-refractivity contribution in [3.63, 3.8) is 0 Å². The van der Waals surface area contributed by atoms with Crippen molar-refractivity contribution in [1.82, 2.24) is 4.90 Å². The van der Waals surface area contributed by atoms with E-state index in [-0.39, 0.29) is 18.2 Å². The highest BCUT2D eigenvalue weighted by Crippen LogP contribution is 2.31. The van der Waals surface area contributed by atoms with Gasteiger partial charge in [-0.3, -0.25) is 9.59 Å². The summed E-state index contributed by atoms with van der Waals surface area (Å²) in [7, 11) is 0. The first-order valence-corrected chi connectivity index (χ1v) is 6.99. The number of hydrogen-bond donors (Lipinski definition) is 1. The van der Waals surface area contributed by atoms with Crippen molar-refractivity contribution in [1.29, 1.82) is 0 Å². The van der Waals surface area contributed by atoms with Gasteiger partial charge in [0.15, 0.2) is 6.61 Å². The van der Waals surface area contributed by atoms with Gasteiger partial charge in [-0.25, -0.2) is 0 Å². The number of alkyl halides is 3. The molecule has 1 saturated heterocycles. The van der Waals surface area contributed by atoms with Gasteiger partial charge in [-0.2, -0.15) is 13.2 Å². The second-order valence-electron chi connectivity index (χ2n) is 5.54. The monoisotopic (exact) mass is 331 g/mol. The third-order valence-corrected chi connectivity index (χ3v) is 3.81. The number of benzene rings is 1. The Bertz CT molecular complexity index is 603. The summed E-state index contributed by atoms with van der Waals surface area (Å²) in [6.07, 6.45) is -4.48. The second kappa shape index (κ2) is 6.47. The van der Waals surface area contributed by atoms with Crippen molar-refractivity contribution in [2.24, 2.45) is 11.8 Å². The van der Waals surface area contributed by atoms with Gasteiger partial charge in [0.1, 0.15) is 5.75 Å². The molecule has 5 nitrogen and oxygen atoms in total. The summed E-state index contributed by atoms with van der Waals surface area (Å²) in [4.78, 5) is 24.4. The number of carboxylic acid groups (broad SMARTS) is 1. The first kappa shape index (κ1) is 17.1. The topological polar surface area (TPSA) is 66.8 Å². The molecule has 1 aromatic rings. The number of rotatable bonds is 4. The number of carboxylic acids is 1. The maximum atomic E-state index is 12.6. The Labute approximate surface area is 130 Å². The SMILES string of the molecule is C[C@@H]1CN(C(=O)COc2cccc(C(F)(F)F)c2)C[C@H]1C(=O)O. The van der Waals surface area contributed by atoms with E-state index in [4.69, 9.17) is 9.84 Å². The van der Waals surface area contributed by atoms with Gasteiger partial charge in [-0.1, -0.05) is 13.0 Å². The molecular formula is C15H16F3NO4. The molecule has 0 radical (unpaired) electrons. The molecule has 0 saturated carbocycles. The highest BCUT2D eigenvalue weighted by Gasteiger charge is 2.37. The number of carbonyl (C=O) groups excluding carboxylic acids is 1. The molecular weight excluding hydrogens is 315 g/mol. The summed E-state index contributed by atoms with van der Waals surface area (Å²) in [6, 6.07) is 4.25. The molecule has 1 aliphatic rings. The minimum absolute atomic E-state index is 0.0600. The summed E-state index contributed by atoms with van der Waals surface area (Å²) < 4.78 is 42.9. The summed E-state index contributed by atoms with van der Waals surface area (Å²) in [5, 5.41) is 9.02. The van der Waals surface area contributed by atoms with Crippen LogP contribution in [0.1, 0.15) is 12.5 Å². The molecule has 1 N–H and O–H groups in total. The van der Waals surface area contributed by atoms with E-state index < -0.39 is 36.1 Å². The van der Waals surface area contributed by atoms with Gasteiger partial charge >= 0.3 is 12.1 Å². The zero-order valence-corrected chi connectivity index (χ0v) is 12.3. The number of likely N-dealkylation sites (tertiary alicyclic amines) is 1. The fourth-order valence-corrected chi connectivity index (χ4v) is 2.49. The van der Waals surface area contributed by atoms with Crippen molar-refractivity contribution in [2.75, 3.05) is 19.7 Å². The standard InChI is InChI=1S/C15H16F3NO4/c1-9-6-19(7-12(9)14(21)22)13(20)8-23-11-4-2-3-10(5-11)15(16,17)18/h2-5,9,12H,6-8H2,1H3,(H,21,22)/t9-,12-/m1/s1. The number of hydrogen-bond acceptors (Lipinski definition) is 3. The normalized spacial score (nSPS) is 21.3. The Morgan fingerprint density at radius 3 is 2.61 bits per heavy atom. The average molecular weight is 331 g/mol. The van der Waals surface area contributed by atoms with Gasteiger partial charge < -0.3 is 14.7 Å². The molecule has 1 aromatic carbocycles. The van der Waals surface area contributed by atoms with Crippen LogP contribution in [0.3, 0.4) is 0 Å². The maximum Gasteiger partial charge on any atom is 0.416 e. The molecule has 23 heavy (non-hydrogen) atoms. The highest BCUT2D eigenvalue weighted by molar-refractivity contribution is 5.80. The lowest BCUT2D eigenvalue weighted by atomic mass is 9.99. The van der Waals surface area contributed by atoms with Gasteiger partial charge in [0.05, 0.1) is 11.5 Å². The number of carbonyl (C=O) groups is 2. The van der Waals surface area contributed by atoms with Crippen LogP contribution in [0, 0.1) is 11.8 Å². The minimum Gasteiger partial charge on any atom is -0.484 e. The molecule has 2 rings (SSSR count). The van der Waals surface area contributed by atoms with Crippen LogP contribution in [-0.2, 0) is 15.8 Å². The van der Waals surface area contributed by atoms with Crippen LogP contribution in [0.5, 0.6) is 5.75 Å². The largest absolute Gasteiger partial charge is 0.484 e. The van der Waals surface area contributed by atoms with Gasteiger partial charge in [0, 0.05) is 13.1 Å². The number of ether oxygens (including phenoxy) is 1. The van der Waals surface area contributed by atoms with Crippen molar-refractivity contribution in [2.45, 2.75) is 13.1 Å². The molecule has 1 amide bonds. The van der Waals surface area contributed by atoms with Gasteiger partial charge in [0.2, 0.25) is 0 Å². The lowest BCUT2D eigenvalue weighted by molar-refractivity contribution is -0.142. The first-order chi connectivity index (χ1) is 10.7. The van der Waals surface area contributed by atoms with E-state index in [0.717, 1.165) is 12.1 Å². The Morgan fingerprint density at radius 2 is 2.04 bits per heavy atom. The van der Waals surface area contributed by atoms with E-state index in [2.05, 4.69) is 0 Å². The van der Waals surface area contributed by atoms with Gasteiger partial charge in [-0.15, -0.1) is 0 Å². The molecule has 1 heterocycles. The second-order valence-corrected chi connectivity index (χ2v) is 5.54. The lowest BCUT2D eigenvalue weighted by Crippen LogP contribution is -2.33. The maximum absolute atomic E-state index is 12.6. The molecule has 0 bridgehead atoms. The van der Waals surface area contributed by atoms with E-state index in [0.29, 0.717) is 6.54 Å². The molecule has 126 valence electrons. The third-order valence-electron chi connectivity index (χ3n) is 3.81. The molecule has 1 aliphatic heterocycles. The van der Waals surface area contributed by atoms with E-state index in [1.54, 1.807) is 6.92 Å². The molecule has 2 atom stereocenters. The quantitative estimate of drug-likeness (QED) is 0.919. The predicted octanol–water partition coefficient (Wildman–Crippen LogP) is 2.26. The Hall–Kier alpha value is -2.25. The molecule has 0 spiro atoms. The number of amides is 1. The number of nitrogens with zero attached hydrogens (tertiary/aromatic N) is 1. The summed E-state index contributed by atoms with van der Waals surface area (Å²) >= 11 is 0. The fraction of sp³-hybridized carbons (Fsp3) is 0.467. The minimum atomic E-state index is -4.48. The van der Waals surface area contributed by atoms with Crippen molar-refractivity contribution >= 4 is 11.9 Å². The fourth-order valence-electron chi connectivity index (χ4n) is 2.49. The molecule has 0 aliphatic carbocycles. The predicted molar refractivity (Wildman–Crippen MR) is 73.8 cm³/mol. The number of aliphatic carboxylic acids is 1. The average Bonchev–Trinajstić information content (AvgIpc) is 2.86. The summed E-state index contributed by atoms with van der Waals surface area (Å²) in [6.45, 7) is 1.68. The zero-order chi connectivity index (χ0) is 17.2. The Morgan fingerprint density at radius 1 is 1.35 bits per heavy atom. The van der Waals surface area contributed by atoms with Crippen LogP contribution in [-0.4, -0.2) is 41.6 Å². The van der Waals surface area contributed by atoms with Crippen molar-refractivity contribution < 1.29 is 32.6 Å². The third kappa shape index (κ3) is 4.14. The van der Waals surface area contributed by atoms with Crippen LogP contribution < -0.4 is 4.74 Å². The van der Waals surface area contributed by atoms with Crippen molar-refractivity contribution in [3.8, 4) is 5.75 Å². The molecule has 1 fully saturated rings. The lowest BCUT2D eigenvalue weighted by Gasteiger charge is -2.16. The summed E-state index contributed by atoms with van der Waals surface area (Å²) in [5.74, 6) is -2.28. The van der Waals surface area contributed by atoms with Crippen LogP contribution in [0.4, 0.5) is 13.2 Å². The van der Waals surface area contributed by atoms with E-state index in [1.807, 2.05) is 0 Å². The molecule has 0 unspecified atom stereocenters. The van der Waals surface area contributed by atoms with E-state index in [9.17, 15) is 22.8 Å². The molecule has 0 aromatic heterocycles. The number of halogens is 3. The zero-order valence-electron chi connectivity index (χ0n) is 12.3. The van der Waals surface area contributed by atoms with Crippen LogP contribution in [0.2, 0.25) is 0 Å². The smallest absolute Gasteiger partial charge is 0.416 e. The summed E-state index contributed by atoms with van der Waals surface area (Å²) in [5.41, 5.74) is -0.858. The first-order valence-electron chi connectivity index (χ1n) is 6.99. The van der Waals surface area contributed by atoms with Crippen LogP contribution in [0.25, 0.3) is 0 Å². The highest BCUT2D eigenvalue weighted by atomic mass is 19.4. The van der Waals surface area contributed by atoms with Gasteiger partial charge in [-0.05, 0) is 24.1 Å². The molecule has 8 heteroatoms. The van der Waals surface area contributed by atoms with Gasteiger partial charge in [0.25, 0.3) is 5.91 Å². The Kier molecular flexibility index (Phi) is 4.82.